The standard InChI is InChI=1S/C26H27ClN6O2S/c1-16-5-8-20(14-22(16)27)33-23(15-36-26-29-17(2)13-18(3)30-26)24(31-32-33)25(34)28-12-11-19-6-9-21(35-4)10-7-19/h5-10,13-14H,11-12,15H2,1-4H3,(H,28,34). The molecule has 1 N–H and O–H groups in total. The quantitative estimate of drug-likeness (QED) is 0.246. The summed E-state index contributed by atoms with van der Waals surface area (Å²) in [5, 5.41) is 12.7. The van der Waals surface area contributed by atoms with Gasteiger partial charge < -0.3 is 10.1 Å². The first kappa shape index (κ1) is 25.7. The molecule has 0 spiro atoms. The number of carbonyl (C=O) groups excluding carboxylic acids is 1. The Bertz CT molecular complexity index is 1350. The molecule has 0 fully saturated rings. The monoisotopic (exact) mass is 522 g/mol. The number of ether oxygens (including phenoxy) is 1. The van der Waals surface area contributed by atoms with Gasteiger partial charge in [0.15, 0.2) is 10.9 Å². The summed E-state index contributed by atoms with van der Waals surface area (Å²) < 4.78 is 6.85. The van der Waals surface area contributed by atoms with Gasteiger partial charge in [0.25, 0.3) is 5.91 Å². The number of rotatable bonds is 9. The first-order valence-electron chi connectivity index (χ1n) is 11.4. The van der Waals surface area contributed by atoms with E-state index in [4.69, 9.17) is 16.3 Å². The molecule has 36 heavy (non-hydrogen) atoms. The third-order valence-electron chi connectivity index (χ3n) is 5.54. The highest BCUT2D eigenvalue weighted by Gasteiger charge is 2.21. The Morgan fingerprint density at radius 2 is 1.78 bits per heavy atom. The molecule has 0 saturated carbocycles. The lowest BCUT2D eigenvalue weighted by molar-refractivity contribution is 0.0948. The first-order chi connectivity index (χ1) is 17.3. The number of amides is 1. The number of carbonyl (C=O) groups is 1. The van der Waals surface area contributed by atoms with Crippen LogP contribution in [0.3, 0.4) is 0 Å². The minimum atomic E-state index is -0.287. The van der Waals surface area contributed by atoms with Gasteiger partial charge >= 0.3 is 0 Å². The fraction of sp³-hybridized carbons (Fsp3) is 0.269. The molecule has 1 amide bonds. The summed E-state index contributed by atoms with van der Waals surface area (Å²) in [7, 11) is 1.63. The molecule has 8 nitrogen and oxygen atoms in total. The number of methoxy groups -OCH3 is 1. The zero-order valence-electron chi connectivity index (χ0n) is 20.6. The number of thioether (sulfide) groups is 1. The second kappa shape index (κ2) is 11.5. The molecule has 0 radical (unpaired) electrons. The van der Waals surface area contributed by atoms with Gasteiger partial charge in [-0.05, 0) is 68.7 Å². The maximum absolute atomic E-state index is 13.1. The van der Waals surface area contributed by atoms with Crippen LogP contribution in [0.1, 0.15) is 38.7 Å². The average molecular weight is 523 g/mol. The Morgan fingerprint density at radius 3 is 2.44 bits per heavy atom. The molecule has 0 saturated heterocycles. The van der Waals surface area contributed by atoms with E-state index in [0.717, 1.165) is 34.0 Å². The highest BCUT2D eigenvalue weighted by molar-refractivity contribution is 7.98. The Labute approximate surface area is 219 Å². The fourth-order valence-electron chi connectivity index (χ4n) is 3.62. The van der Waals surface area contributed by atoms with E-state index in [9.17, 15) is 4.79 Å². The number of halogens is 1. The average Bonchev–Trinajstić information content (AvgIpc) is 3.28. The van der Waals surface area contributed by atoms with E-state index >= 15 is 0 Å². The molecule has 0 unspecified atom stereocenters. The summed E-state index contributed by atoms with van der Waals surface area (Å²) in [5.74, 6) is 0.915. The summed E-state index contributed by atoms with van der Waals surface area (Å²) in [6, 6.07) is 15.3. The zero-order valence-corrected chi connectivity index (χ0v) is 22.2. The number of hydrogen-bond acceptors (Lipinski definition) is 7. The van der Waals surface area contributed by atoms with E-state index in [-0.39, 0.29) is 11.6 Å². The van der Waals surface area contributed by atoms with Gasteiger partial charge in [-0.25, -0.2) is 14.6 Å². The number of benzene rings is 2. The molecule has 2 heterocycles. The minimum absolute atomic E-state index is 0.262. The Morgan fingerprint density at radius 1 is 1.06 bits per heavy atom. The van der Waals surface area contributed by atoms with Crippen LogP contribution < -0.4 is 10.1 Å². The molecule has 0 atom stereocenters. The molecule has 2 aromatic heterocycles. The van der Waals surface area contributed by atoms with Gasteiger partial charge in [-0.15, -0.1) is 5.10 Å². The lowest BCUT2D eigenvalue weighted by Gasteiger charge is -2.10. The first-order valence-corrected chi connectivity index (χ1v) is 12.8. The van der Waals surface area contributed by atoms with E-state index in [2.05, 4.69) is 25.6 Å². The molecule has 10 heteroatoms. The van der Waals surface area contributed by atoms with Gasteiger partial charge in [-0.2, -0.15) is 0 Å². The summed E-state index contributed by atoms with van der Waals surface area (Å²) >= 11 is 7.80. The maximum atomic E-state index is 13.1. The van der Waals surface area contributed by atoms with E-state index in [1.165, 1.54) is 11.8 Å². The molecule has 0 aliphatic heterocycles. The molecule has 0 aliphatic rings. The molecular weight excluding hydrogens is 496 g/mol. The van der Waals surface area contributed by atoms with E-state index < -0.39 is 0 Å². The van der Waals surface area contributed by atoms with Crippen LogP contribution in [0.15, 0.2) is 53.7 Å². The van der Waals surface area contributed by atoms with E-state index in [0.29, 0.717) is 34.6 Å². The van der Waals surface area contributed by atoms with Gasteiger partial charge in [0, 0.05) is 28.7 Å². The smallest absolute Gasteiger partial charge is 0.273 e. The highest BCUT2D eigenvalue weighted by atomic mass is 35.5. The van der Waals surface area contributed by atoms with Crippen molar-refractivity contribution in [1.29, 1.82) is 0 Å². The summed E-state index contributed by atoms with van der Waals surface area (Å²) in [4.78, 5) is 22.1. The van der Waals surface area contributed by atoms with Crippen molar-refractivity contribution in [3.63, 3.8) is 0 Å². The van der Waals surface area contributed by atoms with Crippen molar-refractivity contribution < 1.29 is 9.53 Å². The van der Waals surface area contributed by atoms with Crippen molar-refractivity contribution in [2.24, 2.45) is 0 Å². The predicted octanol–water partition coefficient (Wildman–Crippen LogP) is 4.91. The molecule has 4 rings (SSSR count). The number of aryl methyl sites for hydroxylation is 3. The van der Waals surface area contributed by atoms with Gasteiger partial charge in [0.2, 0.25) is 0 Å². The minimum Gasteiger partial charge on any atom is -0.497 e. The van der Waals surface area contributed by atoms with Crippen LogP contribution in [0.2, 0.25) is 5.02 Å². The molecule has 2 aromatic carbocycles. The van der Waals surface area contributed by atoms with Crippen LogP contribution in [0, 0.1) is 20.8 Å². The van der Waals surface area contributed by atoms with Crippen molar-refractivity contribution in [2.45, 2.75) is 38.1 Å². The third-order valence-corrected chi connectivity index (χ3v) is 6.80. The molecular formula is C26H27ClN6O2S. The lowest BCUT2D eigenvalue weighted by Crippen LogP contribution is -2.27. The number of hydrogen-bond donors (Lipinski definition) is 1. The molecule has 0 aliphatic carbocycles. The summed E-state index contributed by atoms with van der Waals surface area (Å²) in [6.45, 7) is 6.26. The third kappa shape index (κ3) is 6.22. The van der Waals surface area contributed by atoms with Gasteiger partial charge in [0.05, 0.1) is 18.5 Å². The SMILES string of the molecule is COc1ccc(CCNC(=O)c2nnn(-c3ccc(C)c(Cl)c3)c2CSc2nc(C)cc(C)n2)cc1. The second-order valence-electron chi connectivity index (χ2n) is 8.31. The van der Waals surface area contributed by atoms with Gasteiger partial charge in [0.1, 0.15) is 5.75 Å². The van der Waals surface area contributed by atoms with Crippen molar-refractivity contribution in [3.8, 4) is 11.4 Å². The Hall–Kier alpha value is -3.43. The van der Waals surface area contributed by atoms with Crippen molar-refractivity contribution in [2.75, 3.05) is 13.7 Å². The fourth-order valence-corrected chi connectivity index (χ4v) is 4.73. The van der Waals surface area contributed by atoms with Crippen LogP contribution >= 0.6 is 23.4 Å². The maximum Gasteiger partial charge on any atom is 0.273 e. The van der Waals surface area contributed by atoms with Crippen molar-refractivity contribution >= 4 is 29.3 Å². The number of aromatic nitrogens is 5. The predicted molar refractivity (Wildman–Crippen MR) is 141 cm³/mol. The normalized spacial score (nSPS) is 10.9. The topological polar surface area (TPSA) is 94.8 Å². The summed E-state index contributed by atoms with van der Waals surface area (Å²) in [5.41, 5.74) is 5.46. The highest BCUT2D eigenvalue weighted by Crippen LogP contribution is 2.26. The van der Waals surface area contributed by atoms with Crippen LogP contribution in [0.5, 0.6) is 5.75 Å². The van der Waals surface area contributed by atoms with Crippen molar-refractivity contribution in [1.82, 2.24) is 30.3 Å². The van der Waals surface area contributed by atoms with E-state index in [1.54, 1.807) is 11.8 Å². The van der Waals surface area contributed by atoms with Gasteiger partial charge in [-0.1, -0.05) is 46.8 Å². The molecule has 4 aromatic rings. The lowest BCUT2D eigenvalue weighted by atomic mass is 10.1. The largest absolute Gasteiger partial charge is 0.497 e. The van der Waals surface area contributed by atoms with Gasteiger partial charge in [-0.3, -0.25) is 4.79 Å². The number of nitrogens with zero attached hydrogens (tertiary/aromatic N) is 5. The zero-order chi connectivity index (χ0) is 25.7. The summed E-state index contributed by atoms with van der Waals surface area (Å²) in [6.07, 6.45) is 0.679. The van der Waals surface area contributed by atoms with Crippen LogP contribution in [-0.2, 0) is 12.2 Å². The van der Waals surface area contributed by atoms with Crippen LogP contribution in [0.25, 0.3) is 5.69 Å². The Kier molecular flexibility index (Phi) is 8.22. The van der Waals surface area contributed by atoms with Crippen LogP contribution in [0.4, 0.5) is 0 Å². The Balaban J connectivity index is 1.55. The van der Waals surface area contributed by atoms with Crippen LogP contribution in [-0.4, -0.2) is 44.5 Å². The second-order valence-corrected chi connectivity index (χ2v) is 9.66. The van der Waals surface area contributed by atoms with E-state index in [1.807, 2.05) is 69.3 Å². The molecule has 186 valence electrons. The molecule has 0 bridgehead atoms. The number of nitrogens with one attached hydrogen (secondary N) is 1. The van der Waals surface area contributed by atoms with Crippen molar-refractivity contribution in [3.05, 3.63) is 87.5 Å².